The molecule has 1 fully saturated rings. The van der Waals surface area contributed by atoms with E-state index in [0.717, 1.165) is 34.7 Å². The van der Waals surface area contributed by atoms with Crippen LogP contribution >= 0.6 is 0 Å². The van der Waals surface area contributed by atoms with Crippen LogP contribution < -0.4 is 14.8 Å². The third kappa shape index (κ3) is 4.14. The lowest BCUT2D eigenvalue weighted by molar-refractivity contribution is -0.119. The van der Waals surface area contributed by atoms with Crippen molar-refractivity contribution in [1.29, 1.82) is 5.26 Å². The van der Waals surface area contributed by atoms with Gasteiger partial charge in [0.15, 0.2) is 11.6 Å². The molecule has 2 aliphatic rings. The van der Waals surface area contributed by atoms with Crippen molar-refractivity contribution in [3.8, 4) is 22.9 Å². The van der Waals surface area contributed by atoms with Crippen LogP contribution in [0.3, 0.4) is 0 Å². The second-order valence-electron chi connectivity index (χ2n) is 8.77. The maximum absolute atomic E-state index is 12.9. The molecule has 1 atom stereocenters. The van der Waals surface area contributed by atoms with Gasteiger partial charge in [-0.2, -0.15) is 5.26 Å². The molecule has 0 radical (unpaired) electrons. The topological polar surface area (TPSA) is 69.5 Å². The SMILES string of the molecule is COc1cccc(-c2cccc(N(CC3CC3)N3CC(=O)C(C)c4ccc(C#N)nc43)c2)c1. The molecule has 6 nitrogen and oxygen atoms in total. The van der Waals surface area contributed by atoms with E-state index < -0.39 is 0 Å². The monoisotopic (exact) mass is 438 g/mol. The number of methoxy groups -OCH3 is 1. The molecule has 0 N–H and O–H groups in total. The van der Waals surface area contributed by atoms with Crippen molar-refractivity contribution in [2.75, 3.05) is 30.2 Å². The molecule has 2 heterocycles. The van der Waals surface area contributed by atoms with E-state index in [1.54, 1.807) is 13.2 Å². The first kappa shape index (κ1) is 21.0. The van der Waals surface area contributed by atoms with Gasteiger partial charge in [0, 0.05) is 18.0 Å². The number of hydrogen-bond donors (Lipinski definition) is 0. The summed E-state index contributed by atoms with van der Waals surface area (Å²) in [6.45, 7) is 2.97. The molecule has 166 valence electrons. The molecular formula is C27H26N4O2. The third-order valence-electron chi connectivity index (χ3n) is 6.49. The Bertz CT molecular complexity index is 1240. The number of fused-ring (bicyclic) bond motifs is 1. The zero-order valence-corrected chi connectivity index (χ0v) is 18.9. The molecule has 1 aromatic heterocycles. The summed E-state index contributed by atoms with van der Waals surface area (Å²) in [5, 5.41) is 13.6. The van der Waals surface area contributed by atoms with E-state index >= 15 is 0 Å². The Labute approximate surface area is 194 Å². The van der Waals surface area contributed by atoms with Gasteiger partial charge < -0.3 is 4.74 Å². The van der Waals surface area contributed by atoms with Crippen LogP contribution in [0.2, 0.25) is 0 Å². The number of carbonyl (C=O) groups excluding carboxylic acids is 1. The standard InChI is InChI=1S/C27H26N4O2/c1-18-25-12-11-22(15-28)29-27(25)31(17-26(18)32)30(16-19-9-10-19)23-7-3-5-20(13-23)21-6-4-8-24(14-21)33-2/h3-8,11-14,18-19H,9-10,16-17H2,1-2H3. The number of Topliss-reactive ketones (excluding diaryl/α,β-unsaturated/α-hetero) is 1. The number of ether oxygens (including phenoxy) is 1. The molecular weight excluding hydrogens is 412 g/mol. The Hall–Kier alpha value is -3.85. The summed E-state index contributed by atoms with van der Waals surface area (Å²) in [6.07, 6.45) is 2.37. The number of aromatic nitrogens is 1. The molecule has 1 aliphatic carbocycles. The number of carbonyl (C=O) groups is 1. The zero-order chi connectivity index (χ0) is 22.9. The smallest absolute Gasteiger partial charge is 0.161 e. The first-order chi connectivity index (χ1) is 16.1. The Balaban J connectivity index is 1.58. The summed E-state index contributed by atoms with van der Waals surface area (Å²) >= 11 is 0. The highest BCUT2D eigenvalue weighted by molar-refractivity contribution is 5.94. The van der Waals surface area contributed by atoms with Gasteiger partial charge >= 0.3 is 0 Å². The Kier molecular flexibility index (Phi) is 5.47. The summed E-state index contributed by atoms with van der Waals surface area (Å²) in [7, 11) is 1.67. The molecule has 3 aromatic rings. The second-order valence-corrected chi connectivity index (χ2v) is 8.77. The van der Waals surface area contributed by atoms with Crippen LogP contribution in [0.1, 0.15) is 36.9 Å². The zero-order valence-electron chi connectivity index (χ0n) is 18.9. The van der Waals surface area contributed by atoms with Crippen LogP contribution in [0.15, 0.2) is 60.7 Å². The number of pyridine rings is 1. The average molecular weight is 439 g/mol. The molecule has 0 spiro atoms. The fourth-order valence-corrected chi connectivity index (χ4v) is 4.34. The average Bonchev–Trinajstić information content (AvgIpc) is 3.69. The summed E-state index contributed by atoms with van der Waals surface area (Å²) in [5.41, 5.74) is 4.37. The highest BCUT2D eigenvalue weighted by Gasteiger charge is 2.36. The molecule has 0 bridgehead atoms. The molecule has 1 unspecified atom stereocenters. The fourth-order valence-electron chi connectivity index (χ4n) is 4.34. The minimum absolute atomic E-state index is 0.152. The predicted octanol–water partition coefficient (Wildman–Crippen LogP) is 4.95. The minimum atomic E-state index is -0.234. The van der Waals surface area contributed by atoms with E-state index in [-0.39, 0.29) is 18.2 Å². The number of hydrazine groups is 1. The largest absolute Gasteiger partial charge is 0.497 e. The molecule has 0 saturated heterocycles. The molecule has 5 rings (SSSR count). The van der Waals surface area contributed by atoms with Gasteiger partial charge in [-0.15, -0.1) is 0 Å². The van der Waals surface area contributed by atoms with Crippen LogP contribution in [-0.2, 0) is 4.79 Å². The lowest BCUT2D eigenvalue weighted by atomic mass is 9.93. The second kappa shape index (κ2) is 8.59. The summed E-state index contributed by atoms with van der Waals surface area (Å²) in [4.78, 5) is 17.6. The van der Waals surface area contributed by atoms with Gasteiger partial charge in [0.2, 0.25) is 0 Å². The first-order valence-electron chi connectivity index (χ1n) is 11.3. The highest BCUT2D eigenvalue weighted by atomic mass is 16.5. The van der Waals surface area contributed by atoms with E-state index in [2.05, 4.69) is 40.3 Å². The van der Waals surface area contributed by atoms with Gasteiger partial charge in [0.25, 0.3) is 0 Å². The maximum Gasteiger partial charge on any atom is 0.161 e. The number of benzene rings is 2. The Morgan fingerprint density at radius 1 is 1.12 bits per heavy atom. The summed E-state index contributed by atoms with van der Waals surface area (Å²) in [6, 6.07) is 22.1. The fraction of sp³-hybridized carbons (Fsp3) is 0.296. The van der Waals surface area contributed by atoms with Crippen LogP contribution in [0.5, 0.6) is 5.75 Å². The van der Waals surface area contributed by atoms with E-state index in [9.17, 15) is 10.1 Å². The first-order valence-corrected chi connectivity index (χ1v) is 11.3. The number of anilines is 2. The van der Waals surface area contributed by atoms with E-state index in [1.807, 2.05) is 42.3 Å². The highest BCUT2D eigenvalue weighted by Crippen LogP contribution is 2.38. The minimum Gasteiger partial charge on any atom is -0.497 e. The molecule has 0 amide bonds. The van der Waals surface area contributed by atoms with Gasteiger partial charge in [-0.25, -0.2) is 4.98 Å². The van der Waals surface area contributed by atoms with Crippen LogP contribution in [0.4, 0.5) is 11.5 Å². The van der Waals surface area contributed by atoms with Crippen molar-refractivity contribution in [3.05, 3.63) is 71.9 Å². The van der Waals surface area contributed by atoms with Crippen molar-refractivity contribution in [3.63, 3.8) is 0 Å². The van der Waals surface area contributed by atoms with E-state index in [4.69, 9.17) is 4.74 Å². The summed E-state index contributed by atoms with van der Waals surface area (Å²) < 4.78 is 5.40. The predicted molar refractivity (Wildman–Crippen MR) is 128 cm³/mol. The number of hydrogen-bond acceptors (Lipinski definition) is 6. The van der Waals surface area contributed by atoms with Gasteiger partial charge in [0.1, 0.15) is 24.1 Å². The van der Waals surface area contributed by atoms with E-state index in [0.29, 0.717) is 17.4 Å². The summed E-state index contributed by atoms with van der Waals surface area (Å²) in [5.74, 6) is 2.02. The van der Waals surface area contributed by atoms with Crippen molar-refractivity contribution in [1.82, 2.24) is 4.98 Å². The van der Waals surface area contributed by atoms with E-state index in [1.165, 1.54) is 12.8 Å². The van der Waals surface area contributed by atoms with Crippen molar-refractivity contribution >= 4 is 17.3 Å². The van der Waals surface area contributed by atoms with Crippen LogP contribution in [0, 0.1) is 17.2 Å². The lowest BCUT2D eigenvalue weighted by Crippen LogP contribution is -2.51. The maximum atomic E-state index is 12.9. The normalized spacial score (nSPS) is 17.3. The Morgan fingerprint density at radius 3 is 2.61 bits per heavy atom. The quantitative estimate of drug-likeness (QED) is 0.542. The molecule has 33 heavy (non-hydrogen) atoms. The molecule has 6 heteroatoms. The van der Waals surface area contributed by atoms with Gasteiger partial charge in [-0.05, 0) is 60.2 Å². The van der Waals surface area contributed by atoms with Crippen molar-refractivity contribution in [2.24, 2.45) is 5.92 Å². The third-order valence-corrected chi connectivity index (χ3v) is 6.49. The van der Waals surface area contributed by atoms with Crippen molar-refractivity contribution < 1.29 is 9.53 Å². The number of nitriles is 1. The molecule has 1 saturated carbocycles. The van der Waals surface area contributed by atoms with Crippen LogP contribution in [-0.4, -0.2) is 31.0 Å². The lowest BCUT2D eigenvalue weighted by Gasteiger charge is -2.41. The van der Waals surface area contributed by atoms with Crippen molar-refractivity contribution in [2.45, 2.75) is 25.7 Å². The van der Waals surface area contributed by atoms with Gasteiger partial charge in [-0.3, -0.25) is 14.8 Å². The number of rotatable bonds is 6. The molecule has 2 aromatic carbocycles. The Morgan fingerprint density at radius 2 is 1.88 bits per heavy atom. The van der Waals surface area contributed by atoms with Gasteiger partial charge in [-0.1, -0.05) is 37.3 Å². The molecule has 1 aliphatic heterocycles. The number of nitrogens with zero attached hydrogens (tertiary/aromatic N) is 4. The van der Waals surface area contributed by atoms with Crippen LogP contribution in [0.25, 0.3) is 11.1 Å². The van der Waals surface area contributed by atoms with Gasteiger partial charge in [0.05, 0.1) is 12.8 Å². The number of ketones is 1.